The molecule has 20 heavy (non-hydrogen) atoms. The summed E-state index contributed by atoms with van der Waals surface area (Å²) < 4.78 is 11.9. The van der Waals surface area contributed by atoms with Crippen LogP contribution in [0.3, 0.4) is 0 Å². The van der Waals surface area contributed by atoms with Crippen molar-refractivity contribution in [1.82, 2.24) is 4.98 Å². The number of ether oxygens (including phenoxy) is 2. The fraction of sp³-hybridized carbons (Fsp3) is 0.200. The van der Waals surface area contributed by atoms with Gasteiger partial charge in [0.15, 0.2) is 17.8 Å². The van der Waals surface area contributed by atoms with Crippen molar-refractivity contribution in [3.63, 3.8) is 0 Å². The average molecular weight is 336 g/mol. The third-order valence-corrected chi connectivity index (χ3v) is 3.29. The second-order valence-electron chi connectivity index (χ2n) is 4.02. The minimum absolute atomic E-state index is 0.390. The molecule has 5 heteroatoms. The predicted molar refractivity (Wildman–Crippen MR) is 79.3 cm³/mol. The van der Waals surface area contributed by atoms with Crippen LogP contribution in [-0.2, 0) is 6.61 Å². The number of hydrogen-bond acceptors (Lipinski definition) is 4. The number of carbonyl (C=O) groups excluding carboxylic acids is 1. The van der Waals surface area contributed by atoms with Gasteiger partial charge in [-0.3, -0.25) is 9.78 Å². The Morgan fingerprint density at radius 1 is 1.30 bits per heavy atom. The third-order valence-electron chi connectivity index (χ3n) is 2.61. The molecule has 0 saturated carbocycles. The smallest absolute Gasteiger partial charge is 0.162 e. The van der Waals surface area contributed by atoms with Crippen LogP contribution in [0.1, 0.15) is 22.8 Å². The highest BCUT2D eigenvalue weighted by Crippen LogP contribution is 2.33. The maximum atomic E-state index is 10.9. The van der Waals surface area contributed by atoms with Crippen molar-refractivity contribution in [1.29, 1.82) is 0 Å². The molecule has 0 N–H and O–H groups in total. The van der Waals surface area contributed by atoms with E-state index >= 15 is 0 Å². The Hall–Kier alpha value is -1.88. The molecule has 0 atom stereocenters. The summed E-state index contributed by atoms with van der Waals surface area (Å²) >= 11 is 3.34. The van der Waals surface area contributed by atoms with E-state index in [1.807, 2.05) is 19.1 Å². The van der Waals surface area contributed by atoms with Crippen LogP contribution in [0.2, 0.25) is 0 Å². The first-order chi connectivity index (χ1) is 9.74. The van der Waals surface area contributed by atoms with Gasteiger partial charge in [0.25, 0.3) is 0 Å². The quantitative estimate of drug-likeness (QED) is 0.756. The van der Waals surface area contributed by atoms with Gasteiger partial charge in [-0.2, -0.15) is 0 Å². The van der Waals surface area contributed by atoms with Gasteiger partial charge in [-0.1, -0.05) is 6.07 Å². The molecule has 0 saturated heterocycles. The molecule has 0 aliphatic rings. The van der Waals surface area contributed by atoms with Gasteiger partial charge >= 0.3 is 0 Å². The first-order valence-corrected chi connectivity index (χ1v) is 6.97. The van der Waals surface area contributed by atoms with E-state index in [1.165, 1.54) is 0 Å². The summed E-state index contributed by atoms with van der Waals surface area (Å²) in [6.45, 7) is 2.78. The molecule has 0 aliphatic heterocycles. The zero-order valence-corrected chi connectivity index (χ0v) is 12.6. The Morgan fingerprint density at radius 3 is 2.75 bits per heavy atom. The molecule has 1 heterocycles. The standard InChI is InChI=1S/C15H14BrNO3/c1-2-19-14-6-12(9-18)13(16)7-15(14)20-10-11-4-3-5-17-8-11/h3-9H,2,10H2,1H3. The van der Waals surface area contributed by atoms with E-state index in [-0.39, 0.29) is 0 Å². The number of pyridine rings is 1. The second-order valence-corrected chi connectivity index (χ2v) is 4.88. The Balaban J connectivity index is 2.21. The fourth-order valence-electron chi connectivity index (χ4n) is 1.67. The lowest BCUT2D eigenvalue weighted by atomic mass is 10.2. The van der Waals surface area contributed by atoms with Gasteiger partial charge in [-0.05, 0) is 41.1 Å². The van der Waals surface area contributed by atoms with Crippen LogP contribution in [-0.4, -0.2) is 17.9 Å². The normalized spacial score (nSPS) is 10.1. The molecule has 104 valence electrons. The Kier molecular flexibility index (Phi) is 5.12. The van der Waals surface area contributed by atoms with E-state index < -0.39 is 0 Å². The first-order valence-electron chi connectivity index (χ1n) is 6.17. The molecule has 1 aromatic carbocycles. The predicted octanol–water partition coefficient (Wildman–Crippen LogP) is 3.63. The Bertz CT molecular complexity index is 587. The van der Waals surface area contributed by atoms with E-state index in [4.69, 9.17) is 9.47 Å². The maximum Gasteiger partial charge on any atom is 0.162 e. The second kappa shape index (κ2) is 7.05. The molecule has 1 aromatic heterocycles. The number of benzene rings is 1. The van der Waals surface area contributed by atoms with Gasteiger partial charge in [-0.15, -0.1) is 0 Å². The summed E-state index contributed by atoms with van der Waals surface area (Å²) in [5.74, 6) is 1.15. The van der Waals surface area contributed by atoms with E-state index in [0.717, 1.165) is 11.8 Å². The SMILES string of the molecule is CCOc1cc(C=O)c(Br)cc1OCc1cccnc1. The highest BCUT2D eigenvalue weighted by atomic mass is 79.9. The summed E-state index contributed by atoms with van der Waals surface area (Å²) in [6, 6.07) is 7.19. The number of aldehydes is 1. The topological polar surface area (TPSA) is 48.4 Å². The van der Waals surface area contributed by atoms with Crippen molar-refractivity contribution < 1.29 is 14.3 Å². The molecule has 2 rings (SSSR count). The van der Waals surface area contributed by atoms with Crippen molar-refractivity contribution in [2.24, 2.45) is 0 Å². The lowest BCUT2D eigenvalue weighted by Gasteiger charge is -2.13. The number of carbonyl (C=O) groups is 1. The lowest BCUT2D eigenvalue weighted by Crippen LogP contribution is -2.01. The molecule has 2 aromatic rings. The molecule has 0 fully saturated rings. The van der Waals surface area contributed by atoms with Crippen LogP contribution in [0.4, 0.5) is 0 Å². The number of aromatic nitrogens is 1. The van der Waals surface area contributed by atoms with Gasteiger partial charge in [-0.25, -0.2) is 0 Å². The highest BCUT2D eigenvalue weighted by Gasteiger charge is 2.10. The Labute approximate surface area is 125 Å². The monoisotopic (exact) mass is 335 g/mol. The van der Waals surface area contributed by atoms with Crippen molar-refractivity contribution in [3.8, 4) is 11.5 Å². The van der Waals surface area contributed by atoms with E-state index in [2.05, 4.69) is 20.9 Å². The minimum Gasteiger partial charge on any atom is -0.490 e. The zero-order valence-electron chi connectivity index (χ0n) is 11.0. The largest absolute Gasteiger partial charge is 0.490 e. The van der Waals surface area contributed by atoms with Crippen LogP contribution in [0.5, 0.6) is 11.5 Å². The van der Waals surface area contributed by atoms with Gasteiger partial charge in [0.1, 0.15) is 6.61 Å². The van der Waals surface area contributed by atoms with E-state index in [9.17, 15) is 4.79 Å². The molecule has 0 radical (unpaired) electrons. The summed E-state index contributed by atoms with van der Waals surface area (Å²) in [4.78, 5) is 15.0. The van der Waals surface area contributed by atoms with Crippen LogP contribution in [0, 0.1) is 0 Å². The fourth-order valence-corrected chi connectivity index (χ4v) is 2.08. The number of rotatable bonds is 6. The zero-order chi connectivity index (χ0) is 14.4. The molecule has 0 aliphatic carbocycles. The van der Waals surface area contributed by atoms with Crippen molar-refractivity contribution in [3.05, 3.63) is 52.3 Å². The molecule has 0 unspecified atom stereocenters. The summed E-state index contributed by atoms with van der Waals surface area (Å²) in [5, 5.41) is 0. The van der Waals surface area contributed by atoms with E-state index in [1.54, 1.807) is 24.5 Å². The van der Waals surface area contributed by atoms with Gasteiger partial charge in [0.05, 0.1) is 6.61 Å². The third kappa shape index (κ3) is 3.57. The van der Waals surface area contributed by atoms with Crippen LogP contribution < -0.4 is 9.47 Å². The summed E-state index contributed by atoms with van der Waals surface area (Å²) in [7, 11) is 0. The van der Waals surface area contributed by atoms with Crippen molar-refractivity contribution >= 4 is 22.2 Å². The molecule has 4 nitrogen and oxygen atoms in total. The van der Waals surface area contributed by atoms with Gasteiger partial charge in [0, 0.05) is 28.0 Å². The number of hydrogen-bond donors (Lipinski definition) is 0. The summed E-state index contributed by atoms with van der Waals surface area (Å²) in [5.41, 5.74) is 1.49. The van der Waals surface area contributed by atoms with Crippen LogP contribution in [0.25, 0.3) is 0 Å². The van der Waals surface area contributed by atoms with E-state index in [0.29, 0.717) is 34.7 Å². The lowest BCUT2D eigenvalue weighted by molar-refractivity contribution is 0.112. The molecule has 0 amide bonds. The maximum absolute atomic E-state index is 10.9. The molecular weight excluding hydrogens is 322 g/mol. The molecule has 0 bridgehead atoms. The molecular formula is C15H14BrNO3. The minimum atomic E-state index is 0.390. The van der Waals surface area contributed by atoms with Crippen LogP contribution >= 0.6 is 15.9 Å². The van der Waals surface area contributed by atoms with Crippen LogP contribution in [0.15, 0.2) is 41.1 Å². The van der Waals surface area contributed by atoms with Crippen molar-refractivity contribution in [2.75, 3.05) is 6.61 Å². The average Bonchev–Trinajstić information content (AvgIpc) is 2.48. The highest BCUT2D eigenvalue weighted by molar-refractivity contribution is 9.10. The molecule has 0 spiro atoms. The van der Waals surface area contributed by atoms with Gasteiger partial charge in [0.2, 0.25) is 0 Å². The number of halogens is 1. The first kappa shape index (κ1) is 14.5. The Morgan fingerprint density at radius 2 is 2.10 bits per heavy atom. The van der Waals surface area contributed by atoms with Crippen molar-refractivity contribution in [2.45, 2.75) is 13.5 Å². The van der Waals surface area contributed by atoms with Gasteiger partial charge < -0.3 is 9.47 Å². The number of nitrogens with zero attached hydrogens (tertiary/aromatic N) is 1. The summed E-state index contributed by atoms with van der Waals surface area (Å²) in [6.07, 6.45) is 4.23.